The molecule has 3 aromatic rings. The highest BCUT2D eigenvalue weighted by atomic mass is 16.5. The van der Waals surface area contributed by atoms with Crippen LogP contribution in [0.3, 0.4) is 0 Å². The standard InChI is InChI=1S/C22H27N5O3/c1-14-21(16(3)27(24-14)17-7-6-8-18(11-17)29-5)20-13-30-10-9-26(20)22(28)19-12-23-25(4)15(19)2/h6-8,11-12,20H,9-10,13H2,1-5H3/t20-/m1/s1. The summed E-state index contributed by atoms with van der Waals surface area (Å²) < 4.78 is 14.8. The lowest BCUT2D eigenvalue weighted by Crippen LogP contribution is -2.44. The van der Waals surface area contributed by atoms with Gasteiger partial charge in [-0.05, 0) is 32.9 Å². The lowest BCUT2D eigenvalue weighted by molar-refractivity contribution is -0.00308. The predicted molar refractivity (Wildman–Crippen MR) is 112 cm³/mol. The SMILES string of the molecule is COc1cccc(-n2nc(C)c([C@H]3COCCN3C(=O)c3cnn(C)c3C)c2C)c1. The second-order valence-electron chi connectivity index (χ2n) is 7.55. The highest BCUT2D eigenvalue weighted by Gasteiger charge is 2.34. The van der Waals surface area contributed by atoms with Gasteiger partial charge in [-0.15, -0.1) is 0 Å². The van der Waals surface area contributed by atoms with E-state index in [1.807, 2.05) is 61.7 Å². The van der Waals surface area contributed by atoms with Gasteiger partial charge in [0, 0.05) is 36.6 Å². The fraction of sp³-hybridized carbons (Fsp3) is 0.409. The van der Waals surface area contributed by atoms with E-state index in [0.29, 0.717) is 25.3 Å². The zero-order valence-corrected chi connectivity index (χ0v) is 18.0. The second kappa shape index (κ2) is 7.95. The van der Waals surface area contributed by atoms with Gasteiger partial charge in [0.05, 0.1) is 49.5 Å². The van der Waals surface area contributed by atoms with Gasteiger partial charge in [-0.25, -0.2) is 4.68 Å². The second-order valence-corrected chi connectivity index (χ2v) is 7.55. The Bertz CT molecular complexity index is 1080. The quantitative estimate of drug-likeness (QED) is 0.662. The normalized spacial score (nSPS) is 16.7. The van der Waals surface area contributed by atoms with Crippen molar-refractivity contribution in [2.75, 3.05) is 26.9 Å². The molecule has 1 amide bonds. The summed E-state index contributed by atoms with van der Waals surface area (Å²) in [5.41, 5.74) is 5.28. The maximum absolute atomic E-state index is 13.4. The first-order chi connectivity index (χ1) is 14.4. The van der Waals surface area contributed by atoms with Crippen LogP contribution >= 0.6 is 0 Å². The van der Waals surface area contributed by atoms with Crippen LogP contribution in [0.25, 0.3) is 5.69 Å². The molecule has 0 spiro atoms. The van der Waals surface area contributed by atoms with Crippen LogP contribution < -0.4 is 4.74 Å². The molecule has 0 bridgehead atoms. The molecule has 30 heavy (non-hydrogen) atoms. The van der Waals surface area contributed by atoms with Gasteiger partial charge in [-0.2, -0.15) is 10.2 Å². The van der Waals surface area contributed by atoms with Crippen LogP contribution in [-0.4, -0.2) is 57.2 Å². The van der Waals surface area contributed by atoms with E-state index in [1.54, 1.807) is 18.0 Å². The summed E-state index contributed by atoms with van der Waals surface area (Å²) in [6.45, 7) is 7.40. The van der Waals surface area contributed by atoms with Crippen LogP contribution in [0.5, 0.6) is 5.75 Å². The minimum absolute atomic E-state index is 0.0261. The fourth-order valence-corrected chi connectivity index (χ4v) is 4.08. The number of ether oxygens (including phenoxy) is 2. The third-order valence-corrected chi connectivity index (χ3v) is 5.83. The summed E-state index contributed by atoms with van der Waals surface area (Å²) >= 11 is 0. The molecule has 2 aromatic heterocycles. The van der Waals surface area contributed by atoms with Crippen LogP contribution in [0.2, 0.25) is 0 Å². The van der Waals surface area contributed by atoms with Crippen LogP contribution in [0.1, 0.15) is 39.0 Å². The minimum atomic E-state index is -0.204. The molecule has 158 valence electrons. The number of benzene rings is 1. The molecule has 4 rings (SSSR count). The monoisotopic (exact) mass is 409 g/mol. The fourth-order valence-electron chi connectivity index (χ4n) is 4.08. The van der Waals surface area contributed by atoms with Gasteiger partial charge in [-0.3, -0.25) is 9.48 Å². The third kappa shape index (κ3) is 3.37. The molecule has 0 aliphatic carbocycles. The lowest BCUT2D eigenvalue weighted by Gasteiger charge is -2.36. The van der Waals surface area contributed by atoms with Gasteiger partial charge in [-0.1, -0.05) is 6.07 Å². The first kappa shape index (κ1) is 20.2. The molecule has 1 aromatic carbocycles. The Morgan fingerprint density at radius 1 is 1.23 bits per heavy atom. The maximum atomic E-state index is 13.4. The third-order valence-electron chi connectivity index (χ3n) is 5.83. The predicted octanol–water partition coefficient (Wildman–Crippen LogP) is 2.75. The Morgan fingerprint density at radius 2 is 2.03 bits per heavy atom. The zero-order chi connectivity index (χ0) is 21.4. The van der Waals surface area contributed by atoms with Gasteiger partial charge in [0.25, 0.3) is 5.91 Å². The van der Waals surface area contributed by atoms with Crippen molar-refractivity contribution in [1.29, 1.82) is 0 Å². The van der Waals surface area contributed by atoms with Crippen molar-refractivity contribution >= 4 is 5.91 Å². The molecule has 0 N–H and O–H groups in total. The van der Waals surface area contributed by atoms with Crippen molar-refractivity contribution < 1.29 is 14.3 Å². The highest BCUT2D eigenvalue weighted by Crippen LogP contribution is 2.32. The Labute approximate surface area is 176 Å². The van der Waals surface area contributed by atoms with Gasteiger partial charge in [0.1, 0.15) is 5.75 Å². The summed E-state index contributed by atoms with van der Waals surface area (Å²) in [6, 6.07) is 7.58. The van der Waals surface area contributed by atoms with E-state index in [2.05, 4.69) is 5.10 Å². The largest absolute Gasteiger partial charge is 0.497 e. The van der Waals surface area contributed by atoms with E-state index >= 15 is 0 Å². The van der Waals surface area contributed by atoms with Gasteiger partial charge in [0.15, 0.2) is 0 Å². The highest BCUT2D eigenvalue weighted by molar-refractivity contribution is 5.95. The molecule has 1 atom stereocenters. The number of nitrogens with zero attached hydrogens (tertiary/aromatic N) is 5. The van der Waals surface area contributed by atoms with E-state index < -0.39 is 0 Å². The van der Waals surface area contributed by atoms with Crippen LogP contribution in [-0.2, 0) is 11.8 Å². The van der Waals surface area contributed by atoms with Crippen LogP contribution in [0.4, 0.5) is 0 Å². The van der Waals surface area contributed by atoms with Crippen molar-refractivity contribution in [3.05, 3.63) is 58.7 Å². The van der Waals surface area contributed by atoms with E-state index in [-0.39, 0.29) is 11.9 Å². The number of hydrogen-bond acceptors (Lipinski definition) is 5. The Hall–Kier alpha value is -3.13. The summed E-state index contributed by atoms with van der Waals surface area (Å²) in [6.07, 6.45) is 1.64. The first-order valence-electron chi connectivity index (χ1n) is 10.00. The lowest BCUT2D eigenvalue weighted by atomic mass is 10.0. The molecule has 1 fully saturated rings. The smallest absolute Gasteiger partial charge is 0.257 e. The maximum Gasteiger partial charge on any atom is 0.257 e. The van der Waals surface area contributed by atoms with E-state index in [4.69, 9.17) is 14.6 Å². The van der Waals surface area contributed by atoms with E-state index in [9.17, 15) is 4.79 Å². The summed E-state index contributed by atoms with van der Waals surface area (Å²) in [7, 11) is 3.49. The number of carbonyl (C=O) groups is 1. The van der Waals surface area contributed by atoms with Gasteiger partial charge < -0.3 is 14.4 Å². The molecule has 8 nitrogen and oxygen atoms in total. The summed E-state index contributed by atoms with van der Waals surface area (Å²) in [5, 5.41) is 9.00. The molecule has 0 unspecified atom stereocenters. The number of methoxy groups -OCH3 is 1. The van der Waals surface area contributed by atoms with Gasteiger partial charge >= 0.3 is 0 Å². The minimum Gasteiger partial charge on any atom is -0.497 e. The topological polar surface area (TPSA) is 74.4 Å². The van der Waals surface area contributed by atoms with Crippen molar-refractivity contribution in [1.82, 2.24) is 24.5 Å². The molecule has 1 aliphatic rings. The van der Waals surface area contributed by atoms with Crippen molar-refractivity contribution in [2.24, 2.45) is 7.05 Å². The zero-order valence-electron chi connectivity index (χ0n) is 18.0. The van der Waals surface area contributed by atoms with Crippen LogP contribution in [0, 0.1) is 20.8 Å². The van der Waals surface area contributed by atoms with Crippen LogP contribution in [0.15, 0.2) is 30.5 Å². The van der Waals surface area contributed by atoms with Crippen molar-refractivity contribution in [2.45, 2.75) is 26.8 Å². The molecule has 8 heteroatoms. The molecule has 1 saturated heterocycles. The number of amides is 1. The Balaban J connectivity index is 1.73. The van der Waals surface area contributed by atoms with E-state index in [0.717, 1.165) is 34.1 Å². The number of carbonyl (C=O) groups excluding carboxylic acids is 1. The molecular weight excluding hydrogens is 382 g/mol. The molecule has 0 saturated carbocycles. The Morgan fingerprint density at radius 3 is 2.73 bits per heavy atom. The number of aryl methyl sites for hydroxylation is 2. The number of hydrogen-bond donors (Lipinski definition) is 0. The first-order valence-corrected chi connectivity index (χ1v) is 10.00. The van der Waals surface area contributed by atoms with Crippen molar-refractivity contribution in [3.8, 4) is 11.4 Å². The molecule has 3 heterocycles. The summed E-state index contributed by atoms with van der Waals surface area (Å²) in [5.74, 6) is 0.744. The number of morpholine rings is 1. The van der Waals surface area contributed by atoms with E-state index in [1.165, 1.54) is 0 Å². The number of aromatic nitrogens is 4. The average molecular weight is 409 g/mol. The summed E-state index contributed by atoms with van der Waals surface area (Å²) in [4.78, 5) is 15.3. The average Bonchev–Trinajstić information content (AvgIpc) is 3.25. The Kier molecular flexibility index (Phi) is 5.34. The molecule has 0 radical (unpaired) electrons. The molecular formula is C22H27N5O3. The van der Waals surface area contributed by atoms with Gasteiger partial charge in [0.2, 0.25) is 0 Å². The number of rotatable bonds is 4. The van der Waals surface area contributed by atoms with Crippen molar-refractivity contribution in [3.63, 3.8) is 0 Å². The molecule has 1 aliphatic heterocycles.